The van der Waals surface area contributed by atoms with Crippen molar-refractivity contribution in [2.75, 3.05) is 19.6 Å². The van der Waals surface area contributed by atoms with E-state index in [1.54, 1.807) is 11.3 Å². The normalized spacial score (nSPS) is 16.5. The number of amides is 1. The van der Waals surface area contributed by atoms with Crippen LogP contribution in [0, 0.1) is 0 Å². The predicted molar refractivity (Wildman–Crippen MR) is 104 cm³/mol. The molecule has 1 aromatic heterocycles. The van der Waals surface area contributed by atoms with Crippen molar-refractivity contribution in [3.05, 3.63) is 41.4 Å². The van der Waals surface area contributed by atoms with Crippen LogP contribution in [0.15, 0.2) is 35.7 Å². The molecule has 0 spiro atoms. The summed E-state index contributed by atoms with van der Waals surface area (Å²) in [6.45, 7) is 5.28. The van der Waals surface area contributed by atoms with E-state index in [1.807, 2.05) is 18.2 Å². The lowest BCUT2D eigenvalue weighted by Gasteiger charge is -2.32. The minimum absolute atomic E-state index is 0.123. The molecule has 2 aromatic rings. The maximum atomic E-state index is 12.1. The topological polar surface area (TPSA) is 45.2 Å². The number of hydrogen-bond donors (Lipinski definition) is 1. The fraction of sp³-hybridized carbons (Fsp3) is 0.500. The summed E-state index contributed by atoms with van der Waals surface area (Å²) >= 11 is 1.64. The minimum atomic E-state index is 0.123. The van der Waals surface area contributed by atoms with Gasteiger partial charge in [-0.25, -0.2) is 4.98 Å². The number of nitrogens with zero attached hydrogens (tertiary/aromatic N) is 2. The van der Waals surface area contributed by atoms with Crippen molar-refractivity contribution in [1.82, 2.24) is 15.2 Å². The van der Waals surface area contributed by atoms with Gasteiger partial charge in [-0.2, -0.15) is 0 Å². The van der Waals surface area contributed by atoms with Crippen LogP contribution in [0.2, 0.25) is 0 Å². The van der Waals surface area contributed by atoms with Crippen molar-refractivity contribution >= 4 is 17.2 Å². The smallest absolute Gasteiger partial charge is 0.220 e. The third-order valence-electron chi connectivity index (χ3n) is 4.79. The van der Waals surface area contributed by atoms with Crippen LogP contribution in [-0.4, -0.2) is 41.5 Å². The molecule has 4 nitrogen and oxygen atoms in total. The van der Waals surface area contributed by atoms with Crippen LogP contribution in [0.25, 0.3) is 10.6 Å². The van der Waals surface area contributed by atoms with E-state index in [9.17, 15) is 4.79 Å². The number of nitrogens with one attached hydrogen (secondary N) is 1. The average Bonchev–Trinajstić information content (AvgIpc) is 3.15. The molecular weight excluding hydrogens is 330 g/mol. The molecule has 0 bridgehead atoms. The van der Waals surface area contributed by atoms with Gasteiger partial charge in [0.25, 0.3) is 0 Å². The molecule has 2 heterocycles. The Morgan fingerprint density at radius 2 is 2.00 bits per heavy atom. The molecule has 0 saturated carbocycles. The van der Waals surface area contributed by atoms with E-state index in [0.717, 1.165) is 35.9 Å². The molecule has 3 rings (SSSR count). The van der Waals surface area contributed by atoms with Crippen LogP contribution >= 0.6 is 11.3 Å². The molecule has 1 aliphatic rings. The molecule has 134 valence electrons. The second-order valence-corrected chi connectivity index (χ2v) is 7.62. The molecule has 1 fully saturated rings. The van der Waals surface area contributed by atoms with Crippen molar-refractivity contribution in [3.63, 3.8) is 0 Å². The van der Waals surface area contributed by atoms with Gasteiger partial charge in [0.05, 0.1) is 5.69 Å². The Bertz CT molecular complexity index is 665. The molecular formula is C20H27N3OS. The number of benzene rings is 1. The van der Waals surface area contributed by atoms with Gasteiger partial charge in [0.1, 0.15) is 5.01 Å². The zero-order valence-corrected chi connectivity index (χ0v) is 15.7. The number of aromatic nitrogens is 1. The van der Waals surface area contributed by atoms with Crippen molar-refractivity contribution < 1.29 is 4.79 Å². The van der Waals surface area contributed by atoms with E-state index in [2.05, 4.69) is 39.6 Å². The lowest BCUT2D eigenvalue weighted by atomic mass is 10.1. The fourth-order valence-electron chi connectivity index (χ4n) is 3.21. The van der Waals surface area contributed by atoms with Crippen molar-refractivity contribution in [2.24, 2.45) is 0 Å². The Morgan fingerprint density at radius 1 is 1.24 bits per heavy atom. The van der Waals surface area contributed by atoms with Gasteiger partial charge in [-0.3, -0.25) is 9.69 Å². The third-order valence-corrected chi connectivity index (χ3v) is 5.73. The standard InChI is InChI=1S/C20H27N3OS/c1-16(23-12-6-3-7-13-23)14-21-19(24)11-10-18-15-25-20(22-18)17-8-4-2-5-9-17/h2,4-5,8-9,15-16H,3,6-7,10-14H2,1H3,(H,21,24). The van der Waals surface area contributed by atoms with Crippen molar-refractivity contribution in [1.29, 1.82) is 0 Å². The molecule has 1 amide bonds. The number of rotatable bonds is 7. The number of hydrogen-bond acceptors (Lipinski definition) is 4. The SMILES string of the molecule is CC(CNC(=O)CCc1csc(-c2ccccc2)n1)N1CCCCC1. The molecule has 0 radical (unpaired) electrons. The zero-order valence-electron chi connectivity index (χ0n) is 14.9. The summed E-state index contributed by atoms with van der Waals surface area (Å²) in [5.41, 5.74) is 2.14. The van der Waals surface area contributed by atoms with E-state index in [-0.39, 0.29) is 5.91 Å². The van der Waals surface area contributed by atoms with Crippen LogP contribution < -0.4 is 5.32 Å². The summed E-state index contributed by atoms with van der Waals surface area (Å²) in [5.74, 6) is 0.123. The molecule has 1 saturated heterocycles. The first-order valence-corrected chi connectivity index (χ1v) is 10.1. The summed E-state index contributed by atoms with van der Waals surface area (Å²) in [6, 6.07) is 10.6. The Kier molecular flexibility index (Phi) is 6.59. The number of aryl methyl sites for hydroxylation is 1. The highest BCUT2D eigenvalue weighted by Gasteiger charge is 2.17. The van der Waals surface area contributed by atoms with Gasteiger partial charge in [0.15, 0.2) is 0 Å². The maximum absolute atomic E-state index is 12.1. The zero-order chi connectivity index (χ0) is 17.5. The first-order chi connectivity index (χ1) is 12.2. The van der Waals surface area contributed by atoms with Gasteiger partial charge >= 0.3 is 0 Å². The molecule has 1 aliphatic heterocycles. The fourth-order valence-corrected chi connectivity index (χ4v) is 4.08. The lowest BCUT2D eigenvalue weighted by molar-refractivity contribution is -0.121. The largest absolute Gasteiger partial charge is 0.355 e. The van der Waals surface area contributed by atoms with Crippen LogP contribution in [0.1, 0.15) is 38.3 Å². The molecule has 1 atom stereocenters. The summed E-state index contributed by atoms with van der Waals surface area (Å²) in [4.78, 5) is 19.3. The molecule has 1 aromatic carbocycles. The Hall–Kier alpha value is -1.72. The average molecular weight is 358 g/mol. The van der Waals surface area contributed by atoms with E-state index in [0.29, 0.717) is 18.9 Å². The monoisotopic (exact) mass is 357 g/mol. The number of carbonyl (C=O) groups is 1. The number of likely N-dealkylation sites (tertiary alicyclic amines) is 1. The Labute approximate surface area is 154 Å². The quantitative estimate of drug-likeness (QED) is 0.821. The Balaban J connectivity index is 1.41. The number of thiazole rings is 1. The summed E-state index contributed by atoms with van der Waals surface area (Å²) in [7, 11) is 0. The van der Waals surface area contributed by atoms with Gasteiger partial charge in [-0.05, 0) is 39.3 Å². The highest BCUT2D eigenvalue weighted by atomic mass is 32.1. The van der Waals surface area contributed by atoms with E-state index < -0.39 is 0 Å². The third kappa shape index (κ3) is 5.38. The second kappa shape index (κ2) is 9.11. The van der Waals surface area contributed by atoms with Gasteiger partial charge in [0.2, 0.25) is 5.91 Å². The van der Waals surface area contributed by atoms with E-state index >= 15 is 0 Å². The van der Waals surface area contributed by atoms with Crippen LogP contribution in [0.3, 0.4) is 0 Å². The minimum Gasteiger partial charge on any atom is -0.355 e. The van der Waals surface area contributed by atoms with Gasteiger partial charge in [0, 0.05) is 30.0 Å². The molecule has 5 heteroatoms. The van der Waals surface area contributed by atoms with Crippen LogP contribution in [0.4, 0.5) is 0 Å². The van der Waals surface area contributed by atoms with Crippen molar-refractivity contribution in [3.8, 4) is 10.6 Å². The van der Waals surface area contributed by atoms with Crippen molar-refractivity contribution in [2.45, 2.75) is 45.1 Å². The van der Waals surface area contributed by atoms with E-state index in [1.165, 1.54) is 19.3 Å². The summed E-state index contributed by atoms with van der Waals surface area (Å²) < 4.78 is 0. The summed E-state index contributed by atoms with van der Waals surface area (Å²) in [5, 5.41) is 6.17. The molecule has 25 heavy (non-hydrogen) atoms. The predicted octanol–water partition coefficient (Wildman–Crippen LogP) is 3.73. The number of carbonyl (C=O) groups excluding carboxylic acids is 1. The highest BCUT2D eigenvalue weighted by molar-refractivity contribution is 7.13. The van der Waals surface area contributed by atoms with Crippen LogP contribution in [-0.2, 0) is 11.2 Å². The molecule has 0 aliphatic carbocycles. The highest BCUT2D eigenvalue weighted by Crippen LogP contribution is 2.23. The summed E-state index contributed by atoms with van der Waals surface area (Å²) in [6.07, 6.45) is 5.11. The first-order valence-electron chi connectivity index (χ1n) is 9.23. The number of piperidine rings is 1. The maximum Gasteiger partial charge on any atom is 0.220 e. The van der Waals surface area contributed by atoms with Gasteiger partial charge in [-0.1, -0.05) is 36.8 Å². The van der Waals surface area contributed by atoms with Gasteiger partial charge < -0.3 is 5.32 Å². The van der Waals surface area contributed by atoms with Gasteiger partial charge in [-0.15, -0.1) is 11.3 Å². The molecule has 1 unspecified atom stereocenters. The van der Waals surface area contributed by atoms with E-state index in [4.69, 9.17) is 0 Å². The Morgan fingerprint density at radius 3 is 2.76 bits per heavy atom. The first kappa shape index (κ1) is 18.1. The van der Waals surface area contributed by atoms with Crippen LogP contribution in [0.5, 0.6) is 0 Å². The molecule has 1 N–H and O–H groups in total. The second-order valence-electron chi connectivity index (χ2n) is 6.76. The lowest BCUT2D eigenvalue weighted by Crippen LogP contribution is -2.44.